The lowest BCUT2D eigenvalue weighted by molar-refractivity contribution is -0.123. The standard InChI is InChI=1S/C22H22FN3O5/c1-29-17-7-9-20(30-2)18(13-17)19-8-10-22(28)26(25-19)12-11-24-21(27)14-31-16-5-3-15(23)4-6-16/h3-10,13H,11-12,14H2,1-2H3,(H,24,27). The molecule has 0 saturated carbocycles. The molecule has 9 heteroatoms. The third-order valence-corrected chi connectivity index (χ3v) is 4.38. The molecule has 0 aliphatic heterocycles. The third-order valence-electron chi connectivity index (χ3n) is 4.38. The summed E-state index contributed by atoms with van der Waals surface area (Å²) in [6.07, 6.45) is 0. The number of halogens is 1. The van der Waals surface area contributed by atoms with E-state index in [2.05, 4.69) is 10.4 Å². The molecular weight excluding hydrogens is 405 g/mol. The Labute approximate surface area is 178 Å². The second-order valence-corrected chi connectivity index (χ2v) is 6.44. The second kappa shape index (κ2) is 10.2. The number of nitrogens with one attached hydrogen (secondary N) is 1. The van der Waals surface area contributed by atoms with Crippen LogP contribution < -0.4 is 25.1 Å². The van der Waals surface area contributed by atoms with Crippen LogP contribution in [0.5, 0.6) is 17.2 Å². The number of nitrogens with zero attached hydrogens (tertiary/aromatic N) is 2. The summed E-state index contributed by atoms with van der Waals surface area (Å²) in [5.41, 5.74) is 0.899. The Bertz CT molecular complexity index is 1100. The number of hydrogen-bond donors (Lipinski definition) is 1. The fourth-order valence-corrected chi connectivity index (χ4v) is 2.80. The van der Waals surface area contributed by atoms with Crippen molar-refractivity contribution in [2.75, 3.05) is 27.4 Å². The highest BCUT2D eigenvalue weighted by Crippen LogP contribution is 2.31. The average Bonchev–Trinajstić information content (AvgIpc) is 2.79. The quantitative estimate of drug-likeness (QED) is 0.563. The van der Waals surface area contributed by atoms with Gasteiger partial charge in [-0.25, -0.2) is 9.07 Å². The van der Waals surface area contributed by atoms with Crippen LogP contribution in [0.2, 0.25) is 0 Å². The first kappa shape index (κ1) is 21.8. The average molecular weight is 427 g/mol. The normalized spacial score (nSPS) is 10.4. The smallest absolute Gasteiger partial charge is 0.266 e. The molecular formula is C22H22FN3O5. The first-order valence-electron chi connectivity index (χ1n) is 9.46. The Morgan fingerprint density at radius 2 is 1.77 bits per heavy atom. The molecule has 0 radical (unpaired) electrons. The Morgan fingerprint density at radius 3 is 2.48 bits per heavy atom. The molecule has 2 aromatic carbocycles. The Balaban J connectivity index is 1.62. The van der Waals surface area contributed by atoms with Crippen molar-refractivity contribution in [3.63, 3.8) is 0 Å². The van der Waals surface area contributed by atoms with Gasteiger partial charge in [0.05, 0.1) is 26.5 Å². The first-order valence-corrected chi connectivity index (χ1v) is 9.46. The highest BCUT2D eigenvalue weighted by Gasteiger charge is 2.11. The largest absolute Gasteiger partial charge is 0.497 e. The van der Waals surface area contributed by atoms with E-state index >= 15 is 0 Å². The van der Waals surface area contributed by atoms with Crippen LogP contribution in [0.25, 0.3) is 11.3 Å². The van der Waals surface area contributed by atoms with E-state index in [0.29, 0.717) is 28.5 Å². The molecule has 162 valence electrons. The van der Waals surface area contributed by atoms with Gasteiger partial charge in [0, 0.05) is 18.2 Å². The molecule has 0 spiro atoms. The van der Waals surface area contributed by atoms with E-state index in [1.54, 1.807) is 38.5 Å². The number of aromatic nitrogens is 2. The number of rotatable bonds is 9. The Morgan fingerprint density at radius 1 is 1.03 bits per heavy atom. The van der Waals surface area contributed by atoms with Crippen molar-refractivity contribution in [1.29, 1.82) is 0 Å². The van der Waals surface area contributed by atoms with Crippen LogP contribution >= 0.6 is 0 Å². The highest BCUT2D eigenvalue weighted by molar-refractivity contribution is 5.77. The third kappa shape index (κ3) is 5.81. The number of methoxy groups -OCH3 is 2. The Hall–Kier alpha value is -3.88. The van der Waals surface area contributed by atoms with Gasteiger partial charge in [0.25, 0.3) is 11.5 Å². The molecule has 3 rings (SSSR count). The summed E-state index contributed by atoms with van der Waals surface area (Å²) < 4.78 is 30.1. The molecule has 1 aromatic heterocycles. The number of carbonyl (C=O) groups excluding carboxylic acids is 1. The molecule has 0 unspecified atom stereocenters. The van der Waals surface area contributed by atoms with Gasteiger partial charge in [-0.1, -0.05) is 0 Å². The van der Waals surface area contributed by atoms with Gasteiger partial charge >= 0.3 is 0 Å². The maximum absolute atomic E-state index is 12.9. The molecule has 0 aliphatic carbocycles. The van der Waals surface area contributed by atoms with E-state index in [-0.39, 0.29) is 37.0 Å². The number of carbonyl (C=O) groups is 1. The van der Waals surface area contributed by atoms with E-state index in [1.165, 1.54) is 35.0 Å². The number of hydrogen-bond acceptors (Lipinski definition) is 6. The number of ether oxygens (including phenoxy) is 3. The van der Waals surface area contributed by atoms with Crippen LogP contribution in [0.3, 0.4) is 0 Å². The molecule has 31 heavy (non-hydrogen) atoms. The van der Waals surface area contributed by atoms with Crippen molar-refractivity contribution in [2.24, 2.45) is 0 Å². The van der Waals surface area contributed by atoms with Gasteiger partial charge in [0.1, 0.15) is 23.1 Å². The molecule has 0 atom stereocenters. The molecule has 8 nitrogen and oxygen atoms in total. The van der Waals surface area contributed by atoms with Crippen LogP contribution in [0.1, 0.15) is 0 Å². The minimum absolute atomic E-state index is 0.168. The van der Waals surface area contributed by atoms with Crippen molar-refractivity contribution in [2.45, 2.75) is 6.54 Å². The van der Waals surface area contributed by atoms with Gasteiger partial charge in [-0.2, -0.15) is 5.10 Å². The van der Waals surface area contributed by atoms with Gasteiger partial charge in [-0.3, -0.25) is 9.59 Å². The zero-order chi connectivity index (χ0) is 22.2. The molecule has 1 amide bonds. The van der Waals surface area contributed by atoms with Gasteiger partial charge in [0.15, 0.2) is 6.61 Å². The molecule has 3 aromatic rings. The zero-order valence-corrected chi connectivity index (χ0v) is 17.1. The fraction of sp³-hybridized carbons (Fsp3) is 0.227. The molecule has 1 heterocycles. The van der Waals surface area contributed by atoms with Crippen molar-refractivity contribution in [3.05, 3.63) is 70.8 Å². The first-order chi connectivity index (χ1) is 15.0. The van der Waals surface area contributed by atoms with E-state index in [1.807, 2.05) is 0 Å². The summed E-state index contributed by atoms with van der Waals surface area (Å²) in [5.74, 6) is 0.842. The number of benzene rings is 2. The minimum Gasteiger partial charge on any atom is -0.497 e. The summed E-state index contributed by atoms with van der Waals surface area (Å²) in [7, 11) is 3.10. The Kier molecular flexibility index (Phi) is 7.21. The SMILES string of the molecule is COc1ccc(OC)c(-c2ccc(=O)n(CCNC(=O)COc3ccc(F)cc3)n2)c1. The lowest BCUT2D eigenvalue weighted by atomic mass is 10.1. The molecule has 0 bridgehead atoms. The van der Waals surface area contributed by atoms with Gasteiger partial charge in [0.2, 0.25) is 0 Å². The monoisotopic (exact) mass is 427 g/mol. The maximum atomic E-state index is 12.9. The number of amides is 1. The predicted octanol–water partition coefficient (Wildman–Crippen LogP) is 2.26. The predicted molar refractivity (Wildman–Crippen MR) is 112 cm³/mol. The van der Waals surface area contributed by atoms with Gasteiger partial charge in [-0.05, 0) is 48.5 Å². The van der Waals surface area contributed by atoms with Crippen molar-refractivity contribution >= 4 is 5.91 Å². The van der Waals surface area contributed by atoms with E-state index in [0.717, 1.165) is 0 Å². The van der Waals surface area contributed by atoms with Gasteiger partial charge in [-0.15, -0.1) is 0 Å². The summed E-state index contributed by atoms with van der Waals surface area (Å²) in [4.78, 5) is 24.1. The molecule has 0 fully saturated rings. The summed E-state index contributed by atoms with van der Waals surface area (Å²) in [5, 5.41) is 7.03. The molecule has 0 saturated heterocycles. The van der Waals surface area contributed by atoms with Crippen LogP contribution in [-0.4, -0.2) is 43.1 Å². The topological polar surface area (TPSA) is 91.7 Å². The lowest BCUT2D eigenvalue weighted by Gasteiger charge is -2.12. The highest BCUT2D eigenvalue weighted by atomic mass is 19.1. The van der Waals surface area contributed by atoms with Crippen LogP contribution in [0.15, 0.2) is 59.4 Å². The van der Waals surface area contributed by atoms with Crippen molar-refractivity contribution < 1.29 is 23.4 Å². The van der Waals surface area contributed by atoms with Crippen LogP contribution in [0.4, 0.5) is 4.39 Å². The van der Waals surface area contributed by atoms with Crippen LogP contribution in [0, 0.1) is 5.82 Å². The zero-order valence-electron chi connectivity index (χ0n) is 17.1. The van der Waals surface area contributed by atoms with E-state index in [9.17, 15) is 14.0 Å². The summed E-state index contributed by atoms with van der Waals surface area (Å²) >= 11 is 0. The lowest BCUT2D eigenvalue weighted by Crippen LogP contribution is -2.34. The fourth-order valence-electron chi connectivity index (χ4n) is 2.80. The summed E-state index contributed by atoms with van der Waals surface area (Å²) in [6, 6.07) is 13.7. The van der Waals surface area contributed by atoms with E-state index in [4.69, 9.17) is 14.2 Å². The minimum atomic E-state index is -0.386. The van der Waals surface area contributed by atoms with E-state index < -0.39 is 0 Å². The second-order valence-electron chi connectivity index (χ2n) is 6.44. The van der Waals surface area contributed by atoms with Crippen LogP contribution in [-0.2, 0) is 11.3 Å². The van der Waals surface area contributed by atoms with Gasteiger partial charge < -0.3 is 19.5 Å². The van der Waals surface area contributed by atoms with Crippen molar-refractivity contribution in [3.8, 4) is 28.5 Å². The summed E-state index contributed by atoms with van der Waals surface area (Å²) in [6.45, 7) is 0.119. The molecule has 1 N–H and O–H groups in total. The maximum Gasteiger partial charge on any atom is 0.266 e. The molecule has 0 aliphatic rings. The van der Waals surface area contributed by atoms with Crippen molar-refractivity contribution in [1.82, 2.24) is 15.1 Å².